The Morgan fingerprint density at radius 3 is 2.19 bits per heavy atom. The minimum absolute atomic E-state index is 0.0382. The second-order valence-corrected chi connectivity index (χ2v) is 6.72. The van der Waals surface area contributed by atoms with Crippen LogP contribution in [0.2, 0.25) is 10.0 Å². The number of nitrogens with zero attached hydrogens (tertiary/aromatic N) is 1. The first-order chi connectivity index (χ1) is 9.88. The number of rotatable bonds is 8. The molecule has 0 atom stereocenters. The van der Waals surface area contributed by atoms with Gasteiger partial charge in [-0.25, -0.2) is 8.42 Å². The molecule has 0 unspecified atom stereocenters. The molecule has 0 aliphatic heterocycles. The molecule has 0 aliphatic carbocycles. The highest BCUT2D eigenvalue weighted by Gasteiger charge is 2.27. The maximum absolute atomic E-state index is 12.5. The molecule has 2 N–H and O–H groups in total. The van der Waals surface area contributed by atoms with Crippen molar-refractivity contribution in [3.63, 3.8) is 0 Å². The summed E-state index contributed by atoms with van der Waals surface area (Å²) < 4.78 is 31.1. The zero-order valence-electron chi connectivity index (χ0n) is 11.4. The molecule has 0 saturated carbocycles. The molecule has 0 radical (unpaired) electrons. The van der Waals surface area contributed by atoms with Gasteiger partial charge in [-0.3, -0.25) is 0 Å². The van der Waals surface area contributed by atoms with Gasteiger partial charge >= 0.3 is 0 Å². The Kier molecular flexibility index (Phi) is 7.19. The first-order valence-electron chi connectivity index (χ1n) is 6.22. The summed E-state index contributed by atoms with van der Waals surface area (Å²) in [5.41, 5.74) is 0. The Labute approximate surface area is 133 Å². The number of benzene rings is 1. The summed E-state index contributed by atoms with van der Waals surface area (Å²) in [6.07, 6.45) is 0. The van der Waals surface area contributed by atoms with E-state index < -0.39 is 10.0 Å². The predicted octanol–water partition coefficient (Wildman–Crippen LogP) is 1.37. The van der Waals surface area contributed by atoms with Crippen LogP contribution in [0.5, 0.6) is 5.75 Å². The average Bonchev–Trinajstić information content (AvgIpc) is 2.42. The first kappa shape index (κ1) is 18.5. The Morgan fingerprint density at radius 2 is 1.71 bits per heavy atom. The molecule has 0 spiro atoms. The molecule has 0 heterocycles. The van der Waals surface area contributed by atoms with Crippen LogP contribution in [0.4, 0.5) is 0 Å². The molecule has 21 heavy (non-hydrogen) atoms. The van der Waals surface area contributed by atoms with E-state index in [4.69, 9.17) is 38.2 Å². The van der Waals surface area contributed by atoms with Crippen LogP contribution in [0, 0.1) is 0 Å². The van der Waals surface area contributed by atoms with Crippen molar-refractivity contribution in [3.05, 3.63) is 22.2 Å². The third-order valence-corrected chi connectivity index (χ3v) is 5.26. The second kappa shape index (κ2) is 8.17. The van der Waals surface area contributed by atoms with E-state index in [9.17, 15) is 8.42 Å². The fourth-order valence-corrected chi connectivity index (χ4v) is 3.91. The topological polar surface area (TPSA) is 87.1 Å². The number of sulfonamides is 1. The van der Waals surface area contributed by atoms with Gasteiger partial charge in [0.2, 0.25) is 10.0 Å². The number of hydrogen-bond donors (Lipinski definition) is 2. The van der Waals surface area contributed by atoms with Gasteiger partial charge in [-0.15, -0.1) is 0 Å². The van der Waals surface area contributed by atoms with Gasteiger partial charge in [0.1, 0.15) is 10.6 Å². The molecule has 0 bridgehead atoms. The first-order valence-corrected chi connectivity index (χ1v) is 8.41. The van der Waals surface area contributed by atoms with Crippen LogP contribution in [0.3, 0.4) is 0 Å². The highest BCUT2D eigenvalue weighted by molar-refractivity contribution is 7.89. The lowest BCUT2D eigenvalue weighted by atomic mass is 10.3. The Hall–Kier alpha value is -0.570. The quantitative estimate of drug-likeness (QED) is 0.733. The van der Waals surface area contributed by atoms with Gasteiger partial charge in [0, 0.05) is 19.2 Å². The standard InChI is InChI=1S/C12H17Cl2NO5S/c1-2-20-11-7-10(14)12(8-9(11)13)21(18,19)15(3-5-16)4-6-17/h7-8,16-17H,2-6H2,1H3. The van der Waals surface area contributed by atoms with E-state index in [0.717, 1.165) is 4.31 Å². The summed E-state index contributed by atoms with van der Waals surface area (Å²) in [6, 6.07) is 2.53. The number of hydrogen-bond acceptors (Lipinski definition) is 5. The summed E-state index contributed by atoms with van der Waals surface area (Å²) in [5, 5.41) is 18.0. The van der Waals surface area contributed by atoms with Gasteiger partial charge in [-0.2, -0.15) is 4.31 Å². The zero-order valence-corrected chi connectivity index (χ0v) is 13.7. The van der Waals surface area contributed by atoms with Gasteiger partial charge in [-0.1, -0.05) is 23.2 Å². The molecule has 0 fully saturated rings. The predicted molar refractivity (Wildman–Crippen MR) is 80.6 cm³/mol. The van der Waals surface area contributed by atoms with Crippen LogP contribution in [-0.2, 0) is 10.0 Å². The van der Waals surface area contributed by atoms with E-state index in [1.165, 1.54) is 12.1 Å². The number of aliphatic hydroxyl groups is 2. The lowest BCUT2D eigenvalue weighted by molar-refractivity contribution is 0.217. The SMILES string of the molecule is CCOc1cc(Cl)c(S(=O)(=O)N(CCO)CCO)cc1Cl. The smallest absolute Gasteiger partial charge is 0.244 e. The fraction of sp³-hybridized carbons (Fsp3) is 0.500. The van der Waals surface area contributed by atoms with Crippen molar-refractivity contribution < 1.29 is 23.4 Å². The largest absolute Gasteiger partial charge is 0.492 e. The van der Waals surface area contributed by atoms with E-state index >= 15 is 0 Å². The maximum Gasteiger partial charge on any atom is 0.244 e. The van der Waals surface area contributed by atoms with Crippen LogP contribution in [0.25, 0.3) is 0 Å². The molecule has 0 amide bonds. The Bertz CT molecular complexity index is 573. The van der Waals surface area contributed by atoms with Crippen LogP contribution in [0.15, 0.2) is 17.0 Å². The van der Waals surface area contributed by atoms with Crippen molar-refractivity contribution in [3.8, 4) is 5.75 Å². The third-order valence-electron chi connectivity index (χ3n) is 2.60. The van der Waals surface area contributed by atoms with Crippen molar-refractivity contribution >= 4 is 33.2 Å². The van der Waals surface area contributed by atoms with Crippen LogP contribution >= 0.6 is 23.2 Å². The monoisotopic (exact) mass is 357 g/mol. The maximum atomic E-state index is 12.5. The van der Waals surface area contributed by atoms with Crippen molar-refractivity contribution in [1.82, 2.24) is 4.31 Å². The summed E-state index contributed by atoms with van der Waals surface area (Å²) in [4.78, 5) is -0.195. The van der Waals surface area contributed by atoms with Crippen LogP contribution in [-0.4, -0.2) is 55.8 Å². The van der Waals surface area contributed by atoms with Crippen LogP contribution in [0.1, 0.15) is 6.92 Å². The second-order valence-electron chi connectivity index (χ2n) is 4.00. The van der Waals surface area contributed by atoms with Gasteiger partial charge in [0.15, 0.2) is 0 Å². The number of aliphatic hydroxyl groups excluding tert-OH is 2. The fourth-order valence-electron chi connectivity index (χ4n) is 1.69. The molecule has 1 aromatic rings. The summed E-state index contributed by atoms with van der Waals surface area (Å²) >= 11 is 12.0. The average molecular weight is 358 g/mol. The van der Waals surface area contributed by atoms with E-state index in [0.29, 0.717) is 12.4 Å². The Balaban J connectivity index is 3.27. The van der Waals surface area contributed by atoms with Gasteiger partial charge in [0.05, 0.1) is 29.9 Å². The van der Waals surface area contributed by atoms with Crippen molar-refractivity contribution in [1.29, 1.82) is 0 Å². The molecule has 1 aromatic carbocycles. The summed E-state index contributed by atoms with van der Waals surface area (Å²) in [7, 11) is -3.97. The Morgan fingerprint density at radius 1 is 1.14 bits per heavy atom. The molecule has 120 valence electrons. The summed E-state index contributed by atoms with van der Waals surface area (Å²) in [5.74, 6) is 0.291. The van der Waals surface area contributed by atoms with Gasteiger partial charge in [-0.05, 0) is 13.0 Å². The summed E-state index contributed by atoms with van der Waals surface area (Å²) in [6.45, 7) is 1.08. The minimum Gasteiger partial charge on any atom is -0.492 e. The third kappa shape index (κ3) is 4.45. The lowest BCUT2D eigenvalue weighted by Crippen LogP contribution is -2.36. The normalized spacial score (nSPS) is 11.9. The molecular weight excluding hydrogens is 341 g/mol. The van der Waals surface area contributed by atoms with Gasteiger partial charge in [0.25, 0.3) is 0 Å². The van der Waals surface area contributed by atoms with Crippen molar-refractivity contribution in [2.24, 2.45) is 0 Å². The molecule has 0 saturated heterocycles. The lowest BCUT2D eigenvalue weighted by Gasteiger charge is -2.21. The van der Waals surface area contributed by atoms with E-state index in [1.807, 2.05) is 0 Å². The molecule has 1 rings (SSSR count). The number of ether oxygens (including phenoxy) is 1. The minimum atomic E-state index is -3.97. The van der Waals surface area contributed by atoms with E-state index in [2.05, 4.69) is 0 Å². The van der Waals surface area contributed by atoms with Crippen molar-refractivity contribution in [2.75, 3.05) is 32.9 Å². The van der Waals surface area contributed by atoms with Crippen molar-refractivity contribution in [2.45, 2.75) is 11.8 Å². The molecule has 6 nitrogen and oxygen atoms in total. The molecule has 0 aliphatic rings. The molecular formula is C12H17Cl2NO5S. The highest BCUT2D eigenvalue weighted by Crippen LogP contribution is 2.34. The van der Waals surface area contributed by atoms with E-state index in [-0.39, 0.29) is 41.2 Å². The van der Waals surface area contributed by atoms with Gasteiger partial charge < -0.3 is 14.9 Å². The number of halogens is 2. The molecule has 0 aromatic heterocycles. The van der Waals surface area contributed by atoms with Crippen LogP contribution < -0.4 is 4.74 Å². The highest BCUT2D eigenvalue weighted by atomic mass is 35.5. The zero-order chi connectivity index (χ0) is 16.0. The molecule has 9 heteroatoms. The van der Waals surface area contributed by atoms with E-state index in [1.54, 1.807) is 6.92 Å².